The average Bonchev–Trinajstić information content (AvgIpc) is 2.69. The summed E-state index contributed by atoms with van der Waals surface area (Å²) in [5.74, 6) is 1.57. The molecule has 2 rings (SSSR count). The van der Waals surface area contributed by atoms with Crippen molar-refractivity contribution in [3.63, 3.8) is 0 Å². The number of hydrogen-bond donors (Lipinski definition) is 3. The van der Waals surface area contributed by atoms with Crippen LogP contribution in [0.4, 0.5) is 5.82 Å². The van der Waals surface area contributed by atoms with Crippen LogP contribution in [-0.4, -0.2) is 43.2 Å². The molecule has 0 aliphatic heterocycles. The number of benzene rings is 1. The molecule has 0 aliphatic carbocycles. The normalized spacial score (nSPS) is 13.1. The van der Waals surface area contributed by atoms with E-state index in [9.17, 15) is 5.11 Å². The molecule has 1 aromatic carbocycles. The van der Waals surface area contributed by atoms with Crippen molar-refractivity contribution in [2.24, 2.45) is 4.99 Å². The Bertz CT molecular complexity index is 794. The molecule has 1 aromatic heterocycles. The molecule has 158 valence electrons. The van der Waals surface area contributed by atoms with Gasteiger partial charge >= 0.3 is 0 Å². The van der Waals surface area contributed by atoms with Gasteiger partial charge in [-0.15, -0.1) is 0 Å². The maximum absolute atomic E-state index is 10.6. The van der Waals surface area contributed by atoms with Crippen molar-refractivity contribution < 1.29 is 5.11 Å². The maximum atomic E-state index is 10.6. The van der Waals surface area contributed by atoms with Crippen molar-refractivity contribution in [3.8, 4) is 0 Å². The predicted octanol–water partition coefficient (Wildman–Crippen LogP) is 3.23. The van der Waals surface area contributed by atoms with Gasteiger partial charge in [0, 0.05) is 27.2 Å². The SMILES string of the molecule is CCNC(=NCc1cccc(N(C)C)n1)NCC(O)c1ccc(C(C)(C)C)cc1. The molecule has 0 aliphatic rings. The van der Waals surface area contributed by atoms with E-state index in [1.165, 1.54) is 5.56 Å². The molecule has 1 unspecified atom stereocenters. The Morgan fingerprint density at radius 3 is 2.38 bits per heavy atom. The largest absolute Gasteiger partial charge is 0.387 e. The zero-order valence-electron chi connectivity index (χ0n) is 18.5. The van der Waals surface area contributed by atoms with Crippen molar-refractivity contribution in [1.82, 2.24) is 15.6 Å². The fourth-order valence-corrected chi connectivity index (χ4v) is 2.82. The lowest BCUT2D eigenvalue weighted by Gasteiger charge is -2.20. The van der Waals surface area contributed by atoms with Gasteiger partial charge in [-0.25, -0.2) is 9.98 Å². The highest BCUT2D eigenvalue weighted by Crippen LogP contribution is 2.23. The summed E-state index contributed by atoms with van der Waals surface area (Å²) >= 11 is 0. The molecule has 6 heteroatoms. The molecule has 0 saturated carbocycles. The van der Waals surface area contributed by atoms with Crippen molar-refractivity contribution in [2.45, 2.75) is 45.8 Å². The van der Waals surface area contributed by atoms with E-state index in [-0.39, 0.29) is 5.41 Å². The molecular formula is C23H35N5O. The lowest BCUT2D eigenvalue weighted by atomic mass is 9.86. The van der Waals surface area contributed by atoms with Gasteiger partial charge in [0.1, 0.15) is 5.82 Å². The molecule has 29 heavy (non-hydrogen) atoms. The summed E-state index contributed by atoms with van der Waals surface area (Å²) < 4.78 is 0. The summed E-state index contributed by atoms with van der Waals surface area (Å²) in [4.78, 5) is 11.2. The molecule has 0 amide bonds. The highest BCUT2D eigenvalue weighted by Gasteiger charge is 2.15. The van der Waals surface area contributed by atoms with E-state index >= 15 is 0 Å². The van der Waals surface area contributed by atoms with E-state index < -0.39 is 6.10 Å². The Labute approximate surface area is 175 Å². The van der Waals surface area contributed by atoms with E-state index in [4.69, 9.17) is 0 Å². The number of aliphatic imine (C=N–C) groups is 1. The molecule has 3 N–H and O–H groups in total. The summed E-state index contributed by atoms with van der Waals surface area (Å²) in [6, 6.07) is 14.1. The molecule has 0 spiro atoms. The number of anilines is 1. The molecule has 6 nitrogen and oxygen atoms in total. The summed E-state index contributed by atoms with van der Waals surface area (Å²) in [5.41, 5.74) is 3.14. The summed E-state index contributed by atoms with van der Waals surface area (Å²) in [6.07, 6.45) is -0.608. The monoisotopic (exact) mass is 397 g/mol. The Balaban J connectivity index is 1.99. The van der Waals surface area contributed by atoms with Crippen LogP contribution < -0.4 is 15.5 Å². The second-order valence-corrected chi connectivity index (χ2v) is 8.35. The van der Waals surface area contributed by atoms with E-state index in [0.29, 0.717) is 19.0 Å². The molecule has 0 bridgehead atoms. The van der Waals surface area contributed by atoms with Crippen LogP contribution in [0.25, 0.3) is 0 Å². The standard InChI is InChI=1S/C23H35N5O/c1-7-24-22(25-15-19-9-8-10-21(27-19)28(5)6)26-16-20(29)17-11-13-18(14-12-17)23(2,3)4/h8-14,20,29H,7,15-16H2,1-6H3,(H2,24,25,26). The van der Waals surface area contributed by atoms with Gasteiger partial charge < -0.3 is 20.6 Å². The van der Waals surface area contributed by atoms with Crippen LogP contribution in [0.1, 0.15) is 50.6 Å². The number of aromatic nitrogens is 1. The first-order chi connectivity index (χ1) is 13.7. The second kappa shape index (κ2) is 10.3. The predicted molar refractivity (Wildman–Crippen MR) is 121 cm³/mol. The van der Waals surface area contributed by atoms with Gasteiger partial charge in [-0.3, -0.25) is 0 Å². The first kappa shape index (κ1) is 22.7. The minimum absolute atomic E-state index is 0.102. The van der Waals surface area contributed by atoms with Gasteiger partial charge in [0.15, 0.2) is 5.96 Å². The summed E-state index contributed by atoms with van der Waals surface area (Å²) in [5, 5.41) is 17.0. The number of guanidine groups is 1. The number of aliphatic hydroxyl groups excluding tert-OH is 1. The number of pyridine rings is 1. The Morgan fingerprint density at radius 2 is 1.79 bits per heavy atom. The lowest BCUT2D eigenvalue weighted by molar-refractivity contribution is 0.181. The Morgan fingerprint density at radius 1 is 1.10 bits per heavy atom. The van der Waals surface area contributed by atoms with E-state index in [1.54, 1.807) is 0 Å². The second-order valence-electron chi connectivity index (χ2n) is 8.35. The van der Waals surface area contributed by atoms with Crippen LogP contribution >= 0.6 is 0 Å². The average molecular weight is 398 g/mol. The van der Waals surface area contributed by atoms with Crippen LogP contribution in [-0.2, 0) is 12.0 Å². The minimum atomic E-state index is -0.608. The summed E-state index contributed by atoms with van der Waals surface area (Å²) in [7, 11) is 3.94. The van der Waals surface area contributed by atoms with Crippen molar-refractivity contribution in [1.29, 1.82) is 0 Å². The van der Waals surface area contributed by atoms with Crippen molar-refractivity contribution >= 4 is 11.8 Å². The van der Waals surface area contributed by atoms with Gasteiger partial charge in [0.25, 0.3) is 0 Å². The minimum Gasteiger partial charge on any atom is -0.387 e. The Hall–Kier alpha value is -2.60. The van der Waals surface area contributed by atoms with Crippen LogP contribution in [0, 0.1) is 0 Å². The van der Waals surface area contributed by atoms with Gasteiger partial charge in [-0.05, 0) is 35.6 Å². The third-order valence-corrected chi connectivity index (χ3v) is 4.62. The zero-order valence-corrected chi connectivity index (χ0v) is 18.5. The van der Waals surface area contributed by atoms with Crippen LogP contribution in [0.5, 0.6) is 0 Å². The van der Waals surface area contributed by atoms with E-state index in [1.807, 2.05) is 56.3 Å². The van der Waals surface area contributed by atoms with Crippen molar-refractivity contribution in [2.75, 3.05) is 32.1 Å². The molecule has 1 atom stereocenters. The van der Waals surface area contributed by atoms with E-state index in [2.05, 4.69) is 53.5 Å². The smallest absolute Gasteiger partial charge is 0.191 e. The third-order valence-electron chi connectivity index (χ3n) is 4.62. The topological polar surface area (TPSA) is 72.8 Å². The molecule has 1 heterocycles. The Kier molecular flexibility index (Phi) is 8.02. The number of aliphatic hydroxyl groups is 1. The molecule has 0 saturated heterocycles. The highest BCUT2D eigenvalue weighted by atomic mass is 16.3. The van der Waals surface area contributed by atoms with Crippen LogP contribution in [0.15, 0.2) is 47.5 Å². The molecular weight excluding hydrogens is 362 g/mol. The molecule has 0 fully saturated rings. The van der Waals surface area contributed by atoms with Crippen molar-refractivity contribution in [3.05, 3.63) is 59.3 Å². The first-order valence-corrected chi connectivity index (χ1v) is 10.1. The highest BCUT2D eigenvalue weighted by molar-refractivity contribution is 5.79. The summed E-state index contributed by atoms with van der Waals surface area (Å²) in [6.45, 7) is 10.2. The number of nitrogens with one attached hydrogen (secondary N) is 2. The molecule has 2 aromatic rings. The van der Waals surface area contributed by atoms with Gasteiger partial charge in [0.05, 0.1) is 18.3 Å². The van der Waals surface area contributed by atoms with Crippen LogP contribution in [0.3, 0.4) is 0 Å². The number of hydrogen-bond acceptors (Lipinski definition) is 4. The number of rotatable bonds is 7. The third kappa shape index (κ3) is 7.06. The number of nitrogens with zero attached hydrogens (tertiary/aromatic N) is 3. The molecule has 0 radical (unpaired) electrons. The van der Waals surface area contributed by atoms with Gasteiger partial charge in [-0.2, -0.15) is 0 Å². The maximum Gasteiger partial charge on any atom is 0.191 e. The fraction of sp³-hybridized carbons (Fsp3) is 0.478. The van der Waals surface area contributed by atoms with Crippen LogP contribution in [0.2, 0.25) is 0 Å². The van der Waals surface area contributed by atoms with Gasteiger partial charge in [0.2, 0.25) is 0 Å². The van der Waals surface area contributed by atoms with E-state index in [0.717, 1.165) is 23.6 Å². The quantitative estimate of drug-likeness (QED) is 0.494. The lowest BCUT2D eigenvalue weighted by Crippen LogP contribution is -2.39. The zero-order chi connectivity index (χ0) is 21.4. The van der Waals surface area contributed by atoms with Gasteiger partial charge in [-0.1, -0.05) is 51.1 Å². The first-order valence-electron chi connectivity index (χ1n) is 10.1. The fourth-order valence-electron chi connectivity index (χ4n) is 2.82.